The summed E-state index contributed by atoms with van der Waals surface area (Å²) in [6, 6.07) is 11.3. The van der Waals surface area contributed by atoms with Crippen LogP contribution in [0.2, 0.25) is 0 Å². The van der Waals surface area contributed by atoms with Crippen LogP contribution < -0.4 is 0 Å². The predicted molar refractivity (Wildman–Crippen MR) is 110 cm³/mol. The summed E-state index contributed by atoms with van der Waals surface area (Å²) in [5.41, 5.74) is 2.16. The van der Waals surface area contributed by atoms with Gasteiger partial charge in [-0.25, -0.2) is 8.42 Å². The number of pyridine rings is 1. The number of aromatic nitrogens is 3. The second-order valence-electron chi connectivity index (χ2n) is 7.10. The molecule has 0 radical (unpaired) electrons. The molecule has 4 rings (SSSR count). The van der Waals surface area contributed by atoms with Crippen molar-refractivity contribution < 1.29 is 8.42 Å². The summed E-state index contributed by atoms with van der Waals surface area (Å²) in [5.74, 6) is 0. The number of sulfonamides is 1. The van der Waals surface area contributed by atoms with Crippen molar-refractivity contribution in [3.05, 3.63) is 48.3 Å². The zero-order chi connectivity index (χ0) is 19.6. The maximum absolute atomic E-state index is 13.3. The lowest BCUT2D eigenvalue weighted by molar-refractivity contribution is 0.164. The summed E-state index contributed by atoms with van der Waals surface area (Å²) < 4.78 is 36.5. The smallest absolute Gasteiger partial charge is 0.245 e. The fourth-order valence-electron chi connectivity index (χ4n) is 3.65. The van der Waals surface area contributed by atoms with Crippen LogP contribution >= 0.6 is 11.7 Å². The fraction of sp³-hybridized carbons (Fsp3) is 0.421. The van der Waals surface area contributed by atoms with Gasteiger partial charge in [-0.3, -0.25) is 4.98 Å². The number of piperidine rings is 1. The molecule has 1 aromatic carbocycles. The maximum Gasteiger partial charge on any atom is 0.245 e. The van der Waals surface area contributed by atoms with E-state index in [1.807, 2.05) is 18.2 Å². The Balaban J connectivity index is 1.47. The van der Waals surface area contributed by atoms with E-state index in [0.29, 0.717) is 24.1 Å². The second kappa shape index (κ2) is 8.20. The average Bonchev–Trinajstić information content (AvgIpc) is 3.21. The quantitative estimate of drug-likeness (QED) is 0.613. The topological polar surface area (TPSA) is 79.3 Å². The van der Waals surface area contributed by atoms with E-state index < -0.39 is 10.0 Å². The van der Waals surface area contributed by atoms with E-state index >= 15 is 0 Å². The Kier molecular flexibility index (Phi) is 5.68. The normalized spacial score (nSPS) is 18.7. The Labute approximate surface area is 169 Å². The lowest BCUT2D eigenvalue weighted by atomic mass is 10.1. The van der Waals surface area contributed by atoms with Gasteiger partial charge in [0.25, 0.3) is 0 Å². The molecule has 1 atom stereocenters. The second-order valence-corrected chi connectivity index (χ2v) is 9.53. The lowest BCUT2D eigenvalue weighted by Gasteiger charge is -2.37. The minimum Gasteiger partial charge on any atom is -0.302 e. The fourth-order valence-corrected chi connectivity index (χ4v) is 5.92. The number of hydrogen-bond donors (Lipinski definition) is 0. The van der Waals surface area contributed by atoms with Crippen LogP contribution in [0, 0.1) is 0 Å². The summed E-state index contributed by atoms with van der Waals surface area (Å²) in [6.45, 7) is 1.89. The number of nitrogens with zero attached hydrogens (tertiary/aromatic N) is 5. The van der Waals surface area contributed by atoms with Gasteiger partial charge in [0.15, 0.2) is 0 Å². The van der Waals surface area contributed by atoms with Gasteiger partial charge in [0.1, 0.15) is 15.9 Å². The molecular weight excluding hydrogens is 394 g/mol. The molecule has 1 aliphatic heterocycles. The van der Waals surface area contributed by atoms with Crippen molar-refractivity contribution in [1.82, 2.24) is 22.9 Å². The van der Waals surface area contributed by atoms with Crippen LogP contribution in [0.5, 0.6) is 0 Å². The van der Waals surface area contributed by atoms with Gasteiger partial charge in [0, 0.05) is 44.0 Å². The van der Waals surface area contributed by atoms with Gasteiger partial charge in [-0.2, -0.15) is 13.1 Å². The molecule has 1 saturated heterocycles. The zero-order valence-electron chi connectivity index (χ0n) is 15.7. The molecular formula is C19H23N5O2S2. The first kappa shape index (κ1) is 19.4. The molecule has 1 unspecified atom stereocenters. The van der Waals surface area contributed by atoms with Gasteiger partial charge in [-0.15, -0.1) is 0 Å². The van der Waals surface area contributed by atoms with Crippen molar-refractivity contribution in [3.63, 3.8) is 0 Å². The van der Waals surface area contributed by atoms with Gasteiger partial charge in [0.2, 0.25) is 10.0 Å². The highest BCUT2D eigenvalue weighted by molar-refractivity contribution is 7.89. The Hall–Kier alpha value is -1.94. The molecule has 0 spiro atoms. The number of fused-ring (bicyclic) bond motifs is 1. The van der Waals surface area contributed by atoms with Crippen LogP contribution in [0.4, 0.5) is 0 Å². The summed E-state index contributed by atoms with van der Waals surface area (Å²) in [5, 5.41) is 0. The molecule has 3 aromatic rings. The van der Waals surface area contributed by atoms with Gasteiger partial charge in [-0.1, -0.05) is 12.1 Å². The SMILES string of the molecule is CN(CCc1ccccn1)C1CCCN(S(=O)(=O)c2cccc3nsnc23)C1. The molecule has 28 heavy (non-hydrogen) atoms. The molecule has 1 aliphatic rings. The minimum atomic E-state index is -3.59. The van der Waals surface area contributed by atoms with Crippen LogP contribution in [0.25, 0.3) is 11.0 Å². The summed E-state index contributed by atoms with van der Waals surface area (Å²) >= 11 is 1.04. The predicted octanol–water partition coefficient (Wildman–Crippen LogP) is 2.41. The van der Waals surface area contributed by atoms with E-state index in [1.165, 1.54) is 0 Å². The molecule has 9 heteroatoms. The van der Waals surface area contributed by atoms with Crippen molar-refractivity contribution in [2.24, 2.45) is 0 Å². The Morgan fingerprint density at radius 1 is 1.21 bits per heavy atom. The van der Waals surface area contributed by atoms with Crippen LogP contribution in [-0.2, 0) is 16.4 Å². The number of rotatable bonds is 6. The summed E-state index contributed by atoms with van der Waals surface area (Å²) in [4.78, 5) is 6.88. The summed E-state index contributed by atoms with van der Waals surface area (Å²) in [7, 11) is -1.53. The largest absolute Gasteiger partial charge is 0.302 e. The van der Waals surface area contributed by atoms with Crippen molar-refractivity contribution in [3.8, 4) is 0 Å². The maximum atomic E-state index is 13.3. The van der Waals surface area contributed by atoms with Crippen LogP contribution in [-0.4, -0.2) is 64.1 Å². The van der Waals surface area contributed by atoms with Crippen molar-refractivity contribution in [1.29, 1.82) is 0 Å². The van der Waals surface area contributed by atoms with E-state index in [-0.39, 0.29) is 10.9 Å². The third-order valence-corrected chi connectivity index (χ3v) is 7.74. The molecule has 1 fully saturated rings. The van der Waals surface area contributed by atoms with E-state index in [4.69, 9.17) is 0 Å². The van der Waals surface area contributed by atoms with Crippen molar-refractivity contribution in [2.45, 2.75) is 30.2 Å². The Morgan fingerprint density at radius 2 is 2.11 bits per heavy atom. The number of likely N-dealkylation sites (N-methyl/N-ethyl adjacent to an activating group) is 1. The van der Waals surface area contributed by atoms with Gasteiger partial charge in [0.05, 0.1) is 11.7 Å². The van der Waals surface area contributed by atoms with E-state index in [1.54, 1.807) is 28.7 Å². The van der Waals surface area contributed by atoms with E-state index in [9.17, 15) is 8.42 Å². The highest BCUT2D eigenvalue weighted by atomic mass is 32.2. The van der Waals surface area contributed by atoms with Crippen LogP contribution in [0.15, 0.2) is 47.5 Å². The number of benzene rings is 1. The molecule has 0 N–H and O–H groups in total. The molecule has 2 aromatic heterocycles. The lowest BCUT2D eigenvalue weighted by Crippen LogP contribution is -2.49. The molecule has 0 bridgehead atoms. The monoisotopic (exact) mass is 417 g/mol. The molecule has 0 saturated carbocycles. The summed E-state index contributed by atoms with van der Waals surface area (Å²) in [6.07, 6.45) is 4.50. The third kappa shape index (κ3) is 3.93. The number of hydrogen-bond acceptors (Lipinski definition) is 7. The molecule has 7 nitrogen and oxygen atoms in total. The highest BCUT2D eigenvalue weighted by Crippen LogP contribution is 2.27. The first-order valence-electron chi connectivity index (χ1n) is 9.37. The standard InChI is InChI=1S/C19H23N5O2S2/c1-23(13-10-15-6-2-3-11-20-15)16-7-5-12-24(14-16)28(25,26)18-9-4-8-17-19(18)22-27-21-17/h2-4,6,8-9,11,16H,5,7,10,12-14H2,1H3. The zero-order valence-corrected chi connectivity index (χ0v) is 17.4. The van der Waals surface area contributed by atoms with E-state index in [0.717, 1.165) is 43.2 Å². The van der Waals surface area contributed by atoms with Crippen LogP contribution in [0.3, 0.4) is 0 Å². The Bertz CT molecular complexity index is 1040. The first-order valence-corrected chi connectivity index (χ1v) is 11.5. The first-order chi connectivity index (χ1) is 13.6. The molecule has 0 aliphatic carbocycles. The van der Waals surface area contributed by atoms with Crippen LogP contribution in [0.1, 0.15) is 18.5 Å². The van der Waals surface area contributed by atoms with Crippen molar-refractivity contribution in [2.75, 3.05) is 26.7 Å². The Morgan fingerprint density at radius 3 is 2.93 bits per heavy atom. The highest BCUT2D eigenvalue weighted by Gasteiger charge is 2.33. The molecule has 0 amide bonds. The molecule has 148 valence electrons. The minimum absolute atomic E-state index is 0.194. The molecule has 3 heterocycles. The van der Waals surface area contributed by atoms with Crippen molar-refractivity contribution >= 4 is 32.8 Å². The third-order valence-electron chi connectivity index (χ3n) is 5.30. The van der Waals surface area contributed by atoms with Gasteiger partial charge >= 0.3 is 0 Å². The average molecular weight is 418 g/mol. The van der Waals surface area contributed by atoms with Gasteiger partial charge < -0.3 is 4.90 Å². The van der Waals surface area contributed by atoms with E-state index in [2.05, 4.69) is 25.7 Å². The van der Waals surface area contributed by atoms with Gasteiger partial charge in [-0.05, 0) is 44.2 Å².